The highest BCUT2D eigenvalue weighted by Crippen LogP contribution is 2.30. The average molecular weight is 361 g/mol. The fraction of sp³-hybridized carbons (Fsp3) is 0.800. The van der Waals surface area contributed by atoms with E-state index in [1.54, 1.807) is 6.26 Å². The second-order valence-electron chi connectivity index (χ2n) is 8.23. The molecule has 0 bridgehead atoms. The van der Waals surface area contributed by atoms with Gasteiger partial charge in [0.05, 0.1) is 0 Å². The molecule has 26 heavy (non-hydrogen) atoms. The molecule has 0 spiro atoms. The monoisotopic (exact) mass is 361 g/mol. The number of rotatable bonds is 3. The maximum absolute atomic E-state index is 13.0. The van der Waals surface area contributed by atoms with E-state index in [2.05, 4.69) is 23.7 Å². The molecule has 1 aromatic heterocycles. The van der Waals surface area contributed by atoms with Gasteiger partial charge in [0.1, 0.15) is 6.26 Å². The van der Waals surface area contributed by atoms with Crippen molar-refractivity contribution in [3.63, 3.8) is 0 Å². The Bertz CT molecular complexity index is 616. The SMILES string of the molecule is CC1CCC(C)N1C1CCCN(C(=O)c2coc(C3CCOCC3)n2)C1. The van der Waals surface area contributed by atoms with Crippen LogP contribution in [0.5, 0.6) is 0 Å². The zero-order valence-corrected chi connectivity index (χ0v) is 16.0. The van der Waals surface area contributed by atoms with Crippen LogP contribution < -0.4 is 0 Å². The number of carbonyl (C=O) groups is 1. The molecule has 0 saturated carbocycles. The predicted octanol–water partition coefficient (Wildman–Crippen LogP) is 3.05. The van der Waals surface area contributed by atoms with Crippen LogP contribution in [-0.4, -0.2) is 65.1 Å². The summed E-state index contributed by atoms with van der Waals surface area (Å²) in [5.74, 6) is 1.01. The van der Waals surface area contributed by atoms with Crippen LogP contribution in [0, 0.1) is 0 Å². The Morgan fingerprint density at radius 2 is 1.85 bits per heavy atom. The highest BCUT2D eigenvalue weighted by molar-refractivity contribution is 5.92. The number of likely N-dealkylation sites (tertiary alicyclic amines) is 2. The summed E-state index contributed by atoms with van der Waals surface area (Å²) >= 11 is 0. The van der Waals surface area contributed by atoms with Crippen LogP contribution in [0.2, 0.25) is 0 Å². The summed E-state index contributed by atoms with van der Waals surface area (Å²) in [5, 5.41) is 0. The summed E-state index contributed by atoms with van der Waals surface area (Å²) < 4.78 is 11.1. The Morgan fingerprint density at radius 3 is 2.58 bits per heavy atom. The van der Waals surface area contributed by atoms with E-state index >= 15 is 0 Å². The first-order chi connectivity index (χ1) is 12.6. The normalized spacial score (nSPS) is 31.5. The van der Waals surface area contributed by atoms with Crippen LogP contribution in [0.1, 0.15) is 74.7 Å². The molecule has 3 atom stereocenters. The quantitative estimate of drug-likeness (QED) is 0.828. The van der Waals surface area contributed by atoms with E-state index in [0.29, 0.717) is 29.7 Å². The van der Waals surface area contributed by atoms with Crippen molar-refractivity contribution in [2.75, 3.05) is 26.3 Å². The Morgan fingerprint density at radius 1 is 1.12 bits per heavy atom. The molecule has 0 radical (unpaired) electrons. The molecule has 3 aliphatic rings. The van der Waals surface area contributed by atoms with Gasteiger partial charge in [-0.2, -0.15) is 0 Å². The van der Waals surface area contributed by atoms with Crippen LogP contribution >= 0.6 is 0 Å². The molecule has 0 aromatic carbocycles. The molecule has 144 valence electrons. The molecule has 6 nitrogen and oxygen atoms in total. The van der Waals surface area contributed by atoms with Gasteiger partial charge < -0.3 is 14.1 Å². The fourth-order valence-corrected chi connectivity index (χ4v) is 5.00. The molecule has 3 saturated heterocycles. The number of amides is 1. The van der Waals surface area contributed by atoms with E-state index in [0.717, 1.165) is 45.6 Å². The van der Waals surface area contributed by atoms with E-state index < -0.39 is 0 Å². The van der Waals surface area contributed by atoms with Gasteiger partial charge >= 0.3 is 0 Å². The van der Waals surface area contributed by atoms with Crippen LogP contribution in [0.4, 0.5) is 0 Å². The molecular weight excluding hydrogens is 330 g/mol. The maximum atomic E-state index is 13.0. The van der Waals surface area contributed by atoms with Gasteiger partial charge in [-0.15, -0.1) is 0 Å². The number of nitrogens with zero attached hydrogens (tertiary/aromatic N) is 3. The lowest BCUT2D eigenvalue weighted by Gasteiger charge is -2.41. The van der Waals surface area contributed by atoms with Crippen molar-refractivity contribution >= 4 is 5.91 Å². The van der Waals surface area contributed by atoms with Crippen LogP contribution in [0.15, 0.2) is 10.7 Å². The Kier molecular flexibility index (Phi) is 5.32. The minimum atomic E-state index is 0.0243. The third-order valence-electron chi connectivity index (χ3n) is 6.44. The van der Waals surface area contributed by atoms with Gasteiger partial charge in [0, 0.05) is 50.3 Å². The summed E-state index contributed by atoms with van der Waals surface area (Å²) in [6, 6.07) is 1.72. The molecule has 1 aromatic rings. The van der Waals surface area contributed by atoms with Crippen molar-refractivity contribution in [2.24, 2.45) is 0 Å². The number of oxazole rings is 1. The van der Waals surface area contributed by atoms with Crippen molar-refractivity contribution in [3.05, 3.63) is 17.8 Å². The fourth-order valence-electron chi connectivity index (χ4n) is 5.00. The molecule has 0 aliphatic carbocycles. The van der Waals surface area contributed by atoms with Crippen LogP contribution in [0.3, 0.4) is 0 Å². The molecule has 6 heteroatoms. The molecular formula is C20H31N3O3. The molecule has 3 fully saturated rings. The van der Waals surface area contributed by atoms with E-state index in [1.807, 2.05) is 4.90 Å². The predicted molar refractivity (Wildman–Crippen MR) is 98.2 cm³/mol. The number of piperidine rings is 1. The number of aromatic nitrogens is 1. The lowest BCUT2D eigenvalue weighted by atomic mass is 10.0. The highest BCUT2D eigenvalue weighted by atomic mass is 16.5. The van der Waals surface area contributed by atoms with E-state index in [9.17, 15) is 4.79 Å². The summed E-state index contributed by atoms with van der Waals surface area (Å²) in [5.41, 5.74) is 0.467. The zero-order chi connectivity index (χ0) is 18.1. The minimum Gasteiger partial charge on any atom is -0.448 e. The highest BCUT2D eigenvalue weighted by Gasteiger charge is 2.37. The summed E-state index contributed by atoms with van der Waals surface area (Å²) in [6.07, 6.45) is 8.18. The smallest absolute Gasteiger partial charge is 0.275 e. The molecule has 0 N–H and O–H groups in total. The maximum Gasteiger partial charge on any atom is 0.275 e. The molecule has 1 amide bonds. The van der Waals surface area contributed by atoms with E-state index in [4.69, 9.17) is 9.15 Å². The summed E-state index contributed by atoms with van der Waals surface area (Å²) in [4.78, 5) is 22.1. The average Bonchev–Trinajstić information content (AvgIpc) is 3.29. The third-order valence-corrected chi connectivity index (χ3v) is 6.44. The summed E-state index contributed by atoms with van der Waals surface area (Å²) in [7, 11) is 0. The van der Waals surface area contributed by atoms with Gasteiger partial charge in [0.15, 0.2) is 11.6 Å². The Balaban J connectivity index is 1.42. The number of hydrogen-bond donors (Lipinski definition) is 0. The Hall–Kier alpha value is -1.40. The van der Waals surface area contributed by atoms with Crippen molar-refractivity contribution < 1.29 is 13.9 Å². The number of carbonyl (C=O) groups excluding carboxylic acids is 1. The van der Waals surface area contributed by atoms with E-state index in [-0.39, 0.29) is 11.8 Å². The van der Waals surface area contributed by atoms with Crippen molar-refractivity contribution in [1.29, 1.82) is 0 Å². The standard InChI is InChI=1S/C20H31N3O3/c1-14-5-6-15(2)23(14)17-4-3-9-22(12-17)20(24)18-13-26-19(21-18)16-7-10-25-11-8-16/h13-17H,3-12H2,1-2H3. The molecule has 4 heterocycles. The minimum absolute atomic E-state index is 0.0243. The third kappa shape index (κ3) is 3.54. The topological polar surface area (TPSA) is 58.8 Å². The van der Waals surface area contributed by atoms with Crippen molar-refractivity contribution in [1.82, 2.24) is 14.8 Å². The van der Waals surface area contributed by atoms with Crippen LogP contribution in [-0.2, 0) is 4.74 Å². The molecule has 3 aliphatic heterocycles. The lowest BCUT2D eigenvalue weighted by molar-refractivity contribution is 0.0482. The van der Waals surface area contributed by atoms with Gasteiger partial charge in [0.2, 0.25) is 0 Å². The van der Waals surface area contributed by atoms with Gasteiger partial charge in [0.25, 0.3) is 5.91 Å². The van der Waals surface area contributed by atoms with Gasteiger partial charge in [-0.05, 0) is 52.4 Å². The number of ether oxygens (including phenoxy) is 1. The lowest BCUT2D eigenvalue weighted by Crippen LogP contribution is -2.52. The largest absolute Gasteiger partial charge is 0.448 e. The van der Waals surface area contributed by atoms with E-state index in [1.165, 1.54) is 19.3 Å². The second-order valence-corrected chi connectivity index (χ2v) is 8.23. The van der Waals surface area contributed by atoms with Crippen molar-refractivity contribution in [3.8, 4) is 0 Å². The van der Waals surface area contributed by atoms with Gasteiger partial charge in [-0.25, -0.2) is 4.98 Å². The van der Waals surface area contributed by atoms with Gasteiger partial charge in [-0.3, -0.25) is 9.69 Å². The Labute approximate surface area is 155 Å². The first kappa shape index (κ1) is 18.0. The van der Waals surface area contributed by atoms with Crippen molar-refractivity contribution in [2.45, 2.75) is 76.4 Å². The zero-order valence-electron chi connectivity index (χ0n) is 16.0. The second kappa shape index (κ2) is 7.69. The van der Waals surface area contributed by atoms with Crippen LogP contribution in [0.25, 0.3) is 0 Å². The summed E-state index contributed by atoms with van der Waals surface area (Å²) in [6.45, 7) is 7.77. The molecule has 3 unspecified atom stereocenters. The molecule has 4 rings (SSSR count). The first-order valence-electron chi connectivity index (χ1n) is 10.2. The first-order valence-corrected chi connectivity index (χ1v) is 10.2. The van der Waals surface area contributed by atoms with Gasteiger partial charge in [-0.1, -0.05) is 0 Å². The number of hydrogen-bond acceptors (Lipinski definition) is 5.